The molecule has 1 amide bonds. The van der Waals surface area contributed by atoms with E-state index in [0.717, 1.165) is 5.75 Å². The molecule has 94 valence electrons. The van der Waals surface area contributed by atoms with Crippen molar-refractivity contribution in [1.29, 1.82) is 0 Å². The molecular formula is C11H21NO3S. The Hall–Kier alpha value is -0.550. The van der Waals surface area contributed by atoms with E-state index in [-0.39, 0.29) is 23.7 Å². The highest BCUT2D eigenvalue weighted by Crippen LogP contribution is 2.04. The topological polar surface area (TPSA) is 55.4 Å². The van der Waals surface area contributed by atoms with E-state index in [1.807, 2.05) is 13.8 Å². The van der Waals surface area contributed by atoms with E-state index in [1.54, 1.807) is 7.11 Å². The minimum Gasteiger partial charge on any atom is -0.384 e. The molecule has 1 N–H and O–H groups in total. The molecule has 0 aliphatic carbocycles. The number of rotatable bonds is 8. The molecule has 0 bridgehead atoms. The molecule has 0 aromatic rings. The molecular weight excluding hydrogens is 226 g/mol. The maximum Gasteiger partial charge on any atom is 0.230 e. The normalized spacial score (nSPS) is 12.6. The van der Waals surface area contributed by atoms with Gasteiger partial charge in [-0.05, 0) is 12.8 Å². The Labute approximate surface area is 101 Å². The van der Waals surface area contributed by atoms with Crippen LogP contribution in [0.2, 0.25) is 0 Å². The van der Waals surface area contributed by atoms with Crippen LogP contribution in [0, 0.1) is 5.92 Å². The molecule has 5 heteroatoms. The largest absolute Gasteiger partial charge is 0.384 e. The first kappa shape index (κ1) is 15.4. The lowest BCUT2D eigenvalue weighted by Crippen LogP contribution is -2.44. The molecule has 0 aromatic heterocycles. The van der Waals surface area contributed by atoms with Crippen LogP contribution in [0.25, 0.3) is 0 Å². The Balaban J connectivity index is 3.87. The van der Waals surface area contributed by atoms with E-state index in [9.17, 15) is 9.59 Å². The quantitative estimate of drug-likeness (QED) is 0.653. The number of methoxy groups -OCH3 is 1. The zero-order valence-electron chi connectivity index (χ0n) is 10.4. The number of hydrogen-bond donors (Lipinski definition) is 1. The first-order valence-corrected chi connectivity index (χ1v) is 6.51. The molecule has 16 heavy (non-hydrogen) atoms. The summed E-state index contributed by atoms with van der Waals surface area (Å²) in [6, 6.07) is -0.365. The lowest BCUT2D eigenvalue weighted by molar-refractivity contribution is -0.126. The second kappa shape index (κ2) is 8.58. The van der Waals surface area contributed by atoms with Gasteiger partial charge in [0.1, 0.15) is 0 Å². The summed E-state index contributed by atoms with van der Waals surface area (Å²) in [7, 11) is 1.63. The van der Waals surface area contributed by atoms with Gasteiger partial charge in [0.25, 0.3) is 0 Å². The van der Waals surface area contributed by atoms with Gasteiger partial charge in [-0.25, -0.2) is 0 Å². The van der Waals surface area contributed by atoms with Gasteiger partial charge in [-0.15, -0.1) is 11.8 Å². The Morgan fingerprint density at radius 1 is 1.38 bits per heavy atom. The third-order valence-electron chi connectivity index (χ3n) is 2.09. The van der Waals surface area contributed by atoms with Crippen LogP contribution in [0.1, 0.15) is 20.8 Å². The summed E-state index contributed by atoms with van der Waals surface area (Å²) >= 11 is 1.50. The molecule has 0 spiro atoms. The Kier molecular flexibility index (Phi) is 8.29. The van der Waals surface area contributed by atoms with Gasteiger partial charge in [-0.1, -0.05) is 13.8 Å². The van der Waals surface area contributed by atoms with Crippen molar-refractivity contribution in [2.75, 3.05) is 25.2 Å². The number of nitrogens with one attached hydrogen (secondary N) is 1. The molecule has 4 nitrogen and oxygen atoms in total. The molecule has 1 atom stereocenters. The summed E-state index contributed by atoms with van der Waals surface area (Å²) in [6.45, 7) is 5.98. The first-order chi connectivity index (χ1) is 7.49. The highest BCUT2D eigenvalue weighted by Gasteiger charge is 2.20. The SMILES string of the molecule is COCCSCC(=O)NC(C(C)=O)C(C)C. The number of carbonyl (C=O) groups is 2. The van der Waals surface area contributed by atoms with Gasteiger partial charge in [-0.3, -0.25) is 9.59 Å². The molecule has 0 rings (SSSR count). The first-order valence-electron chi connectivity index (χ1n) is 5.35. The predicted octanol–water partition coefficient (Wildman–Crippen LogP) is 1.10. The van der Waals surface area contributed by atoms with Crippen LogP contribution in [0.15, 0.2) is 0 Å². The van der Waals surface area contributed by atoms with E-state index in [0.29, 0.717) is 12.4 Å². The number of thioether (sulfide) groups is 1. The number of ketones is 1. The zero-order chi connectivity index (χ0) is 12.6. The van der Waals surface area contributed by atoms with Crippen molar-refractivity contribution in [2.45, 2.75) is 26.8 Å². The zero-order valence-corrected chi connectivity index (χ0v) is 11.2. The fourth-order valence-corrected chi connectivity index (χ4v) is 1.96. The van der Waals surface area contributed by atoms with Gasteiger partial charge < -0.3 is 10.1 Å². The fraction of sp³-hybridized carbons (Fsp3) is 0.818. The van der Waals surface area contributed by atoms with Gasteiger partial charge in [0.05, 0.1) is 18.4 Å². The number of Topliss-reactive ketones (excluding diaryl/α,β-unsaturated/α-hetero) is 1. The van der Waals surface area contributed by atoms with Crippen LogP contribution in [-0.2, 0) is 14.3 Å². The summed E-state index contributed by atoms with van der Waals surface area (Å²) < 4.78 is 4.87. The molecule has 0 saturated carbocycles. The van der Waals surface area contributed by atoms with Crippen LogP contribution in [0.3, 0.4) is 0 Å². The van der Waals surface area contributed by atoms with Crippen molar-refractivity contribution in [3.05, 3.63) is 0 Å². The van der Waals surface area contributed by atoms with Crippen LogP contribution in [0.4, 0.5) is 0 Å². The minimum absolute atomic E-state index is 0.00485. The van der Waals surface area contributed by atoms with Gasteiger partial charge in [-0.2, -0.15) is 0 Å². The lowest BCUT2D eigenvalue weighted by Gasteiger charge is -2.19. The number of amides is 1. The molecule has 0 aliphatic rings. The highest BCUT2D eigenvalue weighted by atomic mass is 32.2. The van der Waals surface area contributed by atoms with E-state index in [2.05, 4.69) is 5.32 Å². The Bertz CT molecular complexity index is 231. The monoisotopic (exact) mass is 247 g/mol. The van der Waals surface area contributed by atoms with Crippen molar-refractivity contribution in [2.24, 2.45) is 5.92 Å². The van der Waals surface area contributed by atoms with Crippen molar-refractivity contribution in [1.82, 2.24) is 5.32 Å². The highest BCUT2D eigenvalue weighted by molar-refractivity contribution is 7.99. The minimum atomic E-state index is -0.365. The summed E-state index contributed by atoms with van der Waals surface area (Å²) in [5.74, 6) is 1.21. The number of hydrogen-bond acceptors (Lipinski definition) is 4. The van der Waals surface area contributed by atoms with Gasteiger partial charge in [0.15, 0.2) is 5.78 Å². The molecule has 0 heterocycles. The second-order valence-corrected chi connectivity index (χ2v) is 5.05. The van der Waals surface area contributed by atoms with Crippen molar-refractivity contribution in [3.8, 4) is 0 Å². The molecule has 0 aliphatic heterocycles. The maximum atomic E-state index is 11.5. The third-order valence-corrected chi connectivity index (χ3v) is 3.01. The van der Waals surface area contributed by atoms with Gasteiger partial charge in [0.2, 0.25) is 5.91 Å². The molecule has 0 radical (unpaired) electrons. The van der Waals surface area contributed by atoms with Crippen LogP contribution in [-0.4, -0.2) is 43.0 Å². The van der Waals surface area contributed by atoms with Crippen LogP contribution in [0.5, 0.6) is 0 Å². The molecule has 0 fully saturated rings. The van der Waals surface area contributed by atoms with Crippen molar-refractivity contribution < 1.29 is 14.3 Å². The number of carbonyl (C=O) groups excluding carboxylic acids is 2. The average Bonchev–Trinajstić information content (AvgIpc) is 2.20. The fourth-order valence-electron chi connectivity index (χ4n) is 1.26. The Morgan fingerprint density at radius 2 is 2.00 bits per heavy atom. The number of ether oxygens (including phenoxy) is 1. The van der Waals surface area contributed by atoms with Crippen LogP contribution >= 0.6 is 11.8 Å². The van der Waals surface area contributed by atoms with Gasteiger partial charge >= 0.3 is 0 Å². The third kappa shape index (κ3) is 6.85. The Morgan fingerprint density at radius 3 is 2.44 bits per heavy atom. The standard InChI is InChI=1S/C11H21NO3S/c1-8(2)11(9(3)13)12-10(14)7-16-6-5-15-4/h8,11H,5-7H2,1-4H3,(H,12,14). The van der Waals surface area contributed by atoms with E-state index < -0.39 is 0 Å². The van der Waals surface area contributed by atoms with Crippen LogP contribution < -0.4 is 5.32 Å². The molecule has 1 unspecified atom stereocenters. The predicted molar refractivity (Wildman–Crippen MR) is 66.7 cm³/mol. The molecule has 0 aromatic carbocycles. The average molecular weight is 247 g/mol. The van der Waals surface area contributed by atoms with E-state index in [4.69, 9.17) is 4.74 Å². The molecule has 0 saturated heterocycles. The maximum absolute atomic E-state index is 11.5. The van der Waals surface area contributed by atoms with Crippen molar-refractivity contribution in [3.63, 3.8) is 0 Å². The van der Waals surface area contributed by atoms with E-state index >= 15 is 0 Å². The summed E-state index contributed by atoms with van der Waals surface area (Å²) in [5, 5.41) is 2.74. The summed E-state index contributed by atoms with van der Waals surface area (Å²) in [5.41, 5.74) is 0. The summed E-state index contributed by atoms with van der Waals surface area (Å²) in [4.78, 5) is 22.8. The lowest BCUT2D eigenvalue weighted by atomic mass is 10.0. The summed E-state index contributed by atoms with van der Waals surface area (Å²) in [6.07, 6.45) is 0. The van der Waals surface area contributed by atoms with Gasteiger partial charge in [0, 0.05) is 12.9 Å². The van der Waals surface area contributed by atoms with Crippen molar-refractivity contribution >= 4 is 23.5 Å². The smallest absolute Gasteiger partial charge is 0.230 e. The van der Waals surface area contributed by atoms with E-state index in [1.165, 1.54) is 18.7 Å². The second-order valence-electron chi connectivity index (χ2n) is 3.95.